The van der Waals surface area contributed by atoms with Crippen LogP contribution in [0.15, 0.2) is 0 Å². The van der Waals surface area contributed by atoms with E-state index >= 15 is 0 Å². The van der Waals surface area contributed by atoms with Crippen LogP contribution >= 0.6 is 0 Å². The Kier molecular flexibility index (Phi) is 16.0. The Labute approximate surface area is 213 Å². The molecule has 5 unspecified atom stereocenters. The molecular weight excluding hydrogens is 472 g/mol. The normalized spacial score (nSPS) is 23.5. The number of aliphatic hydroxyl groups is 1. The van der Waals surface area contributed by atoms with Gasteiger partial charge in [0.25, 0.3) is 0 Å². The van der Waals surface area contributed by atoms with Gasteiger partial charge in [-0.15, -0.1) is 0 Å². The summed E-state index contributed by atoms with van der Waals surface area (Å²) in [4.78, 5) is 46.7. The van der Waals surface area contributed by atoms with Crippen LogP contribution in [0.2, 0.25) is 0 Å². The van der Waals surface area contributed by atoms with E-state index in [0.29, 0.717) is 26.0 Å². The third kappa shape index (κ3) is 13.2. The number of hydrogen-bond donors (Lipinski definition) is 3. The Morgan fingerprint density at radius 1 is 0.917 bits per heavy atom. The van der Waals surface area contributed by atoms with Crippen molar-refractivity contribution >= 4 is 23.8 Å². The lowest BCUT2D eigenvalue weighted by atomic mass is 9.88. The lowest BCUT2D eigenvalue weighted by Crippen LogP contribution is -2.62. The fraction of sp³-hybridized carbons (Fsp3) is 0.840. The number of carbonyl (C=O) groups is 4. The molecule has 1 saturated heterocycles. The van der Waals surface area contributed by atoms with Gasteiger partial charge in [-0.2, -0.15) is 0 Å². The summed E-state index contributed by atoms with van der Waals surface area (Å²) < 4.78 is 22.5. The summed E-state index contributed by atoms with van der Waals surface area (Å²) in [6.07, 6.45) is 4.01. The summed E-state index contributed by atoms with van der Waals surface area (Å²) >= 11 is 0. The SMILES string of the molecule is CC(=O)NC1C(OCCCCCC(=O)NCCCCCCO)OC(COC(C)=O)C(OC(C)=O)C1C. The third-order valence-corrected chi connectivity index (χ3v) is 5.91. The summed E-state index contributed by atoms with van der Waals surface area (Å²) in [6.45, 7) is 6.86. The molecule has 1 aliphatic heterocycles. The molecular formula is C25H44N2O9. The van der Waals surface area contributed by atoms with Gasteiger partial charge < -0.3 is 34.7 Å². The maximum absolute atomic E-state index is 11.9. The summed E-state index contributed by atoms with van der Waals surface area (Å²) in [5.41, 5.74) is 0. The fourth-order valence-electron chi connectivity index (χ4n) is 4.08. The van der Waals surface area contributed by atoms with Gasteiger partial charge in [-0.3, -0.25) is 19.2 Å². The molecule has 3 N–H and O–H groups in total. The van der Waals surface area contributed by atoms with Crippen LogP contribution in [0, 0.1) is 5.92 Å². The minimum atomic E-state index is -0.814. The van der Waals surface area contributed by atoms with Crippen molar-refractivity contribution in [3.05, 3.63) is 0 Å². The van der Waals surface area contributed by atoms with E-state index < -0.39 is 36.5 Å². The van der Waals surface area contributed by atoms with Gasteiger partial charge in [-0.25, -0.2) is 0 Å². The predicted octanol–water partition coefficient (Wildman–Crippen LogP) is 1.59. The molecule has 1 aliphatic rings. The van der Waals surface area contributed by atoms with Crippen molar-refractivity contribution in [1.29, 1.82) is 0 Å². The lowest BCUT2D eigenvalue weighted by molar-refractivity contribution is -0.262. The van der Waals surface area contributed by atoms with Crippen LogP contribution in [0.4, 0.5) is 0 Å². The first-order valence-corrected chi connectivity index (χ1v) is 12.9. The summed E-state index contributed by atoms with van der Waals surface area (Å²) in [6, 6.07) is -0.566. The second-order valence-corrected chi connectivity index (χ2v) is 9.17. The molecule has 1 fully saturated rings. The Morgan fingerprint density at radius 2 is 1.61 bits per heavy atom. The molecule has 208 valence electrons. The largest absolute Gasteiger partial charge is 0.463 e. The summed E-state index contributed by atoms with van der Waals surface area (Å²) in [5.74, 6) is -1.60. The second kappa shape index (κ2) is 18.1. The number of hydrogen-bond acceptors (Lipinski definition) is 9. The highest BCUT2D eigenvalue weighted by Crippen LogP contribution is 2.30. The number of ether oxygens (including phenoxy) is 4. The molecule has 1 heterocycles. The van der Waals surface area contributed by atoms with Crippen molar-refractivity contribution in [2.45, 2.75) is 104 Å². The predicted molar refractivity (Wildman–Crippen MR) is 131 cm³/mol. The van der Waals surface area contributed by atoms with E-state index in [9.17, 15) is 19.2 Å². The van der Waals surface area contributed by atoms with E-state index in [0.717, 1.165) is 38.5 Å². The minimum Gasteiger partial charge on any atom is -0.463 e. The Bertz CT molecular complexity index is 686. The molecule has 0 aromatic carbocycles. The van der Waals surface area contributed by atoms with Crippen molar-refractivity contribution in [3.63, 3.8) is 0 Å². The van der Waals surface area contributed by atoms with Crippen molar-refractivity contribution in [2.75, 3.05) is 26.4 Å². The van der Waals surface area contributed by atoms with E-state index in [-0.39, 0.29) is 30.9 Å². The zero-order chi connectivity index (χ0) is 26.9. The summed E-state index contributed by atoms with van der Waals surface area (Å²) in [5, 5.41) is 14.5. The van der Waals surface area contributed by atoms with Crippen LogP contribution in [0.25, 0.3) is 0 Å². The summed E-state index contributed by atoms with van der Waals surface area (Å²) in [7, 11) is 0. The number of amides is 2. The van der Waals surface area contributed by atoms with Gasteiger partial charge >= 0.3 is 11.9 Å². The molecule has 0 aromatic rings. The van der Waals surface area contributed by atoms with E-state index in [2.05, 4.69) is 10.6 Å². The number of esters is 2. The monoisotopic (exact) mass is 516 g/mol. The highest BCUT2D eigenvalue weighted by atomic mass is 16.7. The molecule has 0 spiro atoms. The van der Waals surface area contributed by atoms with Crippen LogP contribution in [-0.4, -0.2) is 79.8 Å². The van der Waals surface area contributed by atoms with Gasteiger partial charge in [0.15, 0.2) is 6.29 Å². The zero-order valence-corrected chi connectivity index (χ0v) is 22.1. The average Bonchev–Trinajstić information content (AvgIpc) is 2.80. The number of aliphatic hydroxyl groups excluding tert-OH is 1. The molecule has 36 heavy (non-hydrogen) atoms. The first-order valence-electron chi connectivity index (χ1n) is 12.9. The number of unbranched alkanes of at least 4 members (excludes halogenated alkanes) is 5. The molecule has 2 amide bonds. The molecule has 1 rings (SSSR count). The molecule has 0 bridgehead atoms. The van der Waals surface area contributed by atoms with Gasteiger partial charge in [0, 0.05) is 52.9 Å². The maximum Gasteiger partial charge on any atom is 0.303 e. The topological polar surface area (TPSA) is 149 Å². The van der Waals surface area contributed by atoms with E-state index in [1.807, 2.05) is 6.92 Å². The van der Waals surface area contributed by atoms with Crippen LogP contribution in [0.5, 0.6) is 0 Å². The van der Waals surface area contributed by atoms with Crippen molar-refractivity contribution in [2.24, 2.45) is 5.92 Å². The average molecular weight is 517 g/mol. The molecule has 11 heteroatoms. The lowest BCUT2D eigenvalue weighted by Gasteiger charge is -2.44. The molecule has 5 atom stereocenters. The highest BCUT2D eigenvalue weighted by Gasteiger charge is 2.46. The fourth-order valence-corrected chi connectivity index (χ4v) is 4.08. The van der Waals surface area contributed by atoms with Crippen molar-refractivity contribution in [3.8, 4) is 0 Å². The number of carbonyl (C=O) groups excluding carboxylic acids is 4. The number of rotatable bonds is 17. The molecule has 0 saturated carbocycles. The van der Waals surface area contributed by atoms with Crippen molar-refractivity contribution < 1.29 is 43.2 Å². The van der Waals surface area contributed by atoms with E-state index in [4.69, 9.17) is 24.1 Å². The van der Waals surface area contributed by atoms with Crippen LogP contribution in [-0.2, 0) is 38.1 Å². The highest BCUT2D eigenvalue weighted by molar-refractivity contribution is 5.75. The van der Waals surface area contributed by atoms with Gasteiger partial charge in [0.2, 0.25) is 11.8 Å². The van der Waals surface area contributed by atoms with Crippen molar-refractivity contribution in [1.82, 2.24) is 10.6 Å². The smallest absolute Gasteiger partial charge is 0.303 e. The standard InChI is InChI=1S/C25H44N2O9/c1-17-23(27-18(2)29)25(36-21(16-34-19(3)30)24(17)35-20(4)31)33-15-11-7-8-12-22(32)26-13-9-5-6-10-14-28/h17,21,23-25,28H,5-16H2,1-4H3,(H,26,32)(H,27,29). The quantitative estimate of drug-likeness (QED) is 0.193. The zero-order valence-electron chi connectivity index (χ0n) is 22.1. The van der Waals surface area contributed by atoms with E-state index in [1.54, 1.807) is 0 Å². The first-order chi connectivity index (χ1) is 17.1. The van der Waals surface area contributed by atoms with Crippen LogP contribution < -0.4 is 10.6 Å². The molecule has 0 aliphatic carbocycles. The Morgan fingerprint density at radius 3 is 2.25 bits per heavy atom. The van der Waals surface area contributed by atoms with Crippen LogP contribution in [0.3, 0.4) is 0 Å². The molecule has 11 nitrogen and oxygen atoms in total. The van der Waals surface area contributed by atoms with Crippen LogP contribution in [0.1, 0.15) is 79.1 Å². The van der Waals surface area contributed by atoms with Gasteiger partial charge in [0.05, 0.1) is 6.04 Å². The van der Waals surface area contributed by atoms with Gasteiger partial charge in [-0.1, -0.05) is 26.2 Å². The van der Waals surface area contributed by atoms with Gasteiger partial charge in [-0.05, 0) is 25.7 Å². The second-order valence-electron chi connectivity index (χ2n) is 9.17. The van der Waals surface area contributed by atoms with Gasteiger partial charge in [0.1, 0.15) is 18.8 Å². The van der Waals surface area contributed by atoms with E-state index in [1.165, 1.54) is 20.8 Å². The minimum absolute atomic E-state index is 0.0260. The number of nitrogens with one attached hydrogen (secondary N) is 2. The Hall–Kier alpha value is -2.24. The Balaban J connectivity index is 2.50. The maximum atomic E-state index is 11.9. The first kappa shape index (κ1) is 31.8. The molecule has 0 aromatic heterocycles. The molecule has 0 radical (unpaired) electrons. The third-order valence-electron chi connectivity index (χ3n) is 5.91.